The highest BCUT2D eigenvalue weighted by Gasteiger charge is 2.28. The van der Waals surface area contributed by atoms with E-state index in [-0.39, 0.29) is 17.8 Å². The molecule has 0 bridgehead atoms. The van der Waals surface area contributed by atoms with Crippen LogP contribution in [0.2, 0.25) is 0 Å². The molecule has 1 aliphatic rings. The normalized spacial score (nSPS) is 17.5. The Bertz CT molecular complexity index is 678. The van der Waals surface area contributed by atoms with Crippen LogP contribution in [0.5, 0.6) is 5.88 Å². The molecule has 6 heteroatoms. The lowest BCUT2D eigenvalue weighted by molar-refractivity contribution is 0.0770. The molecule has 1 saturated heterocycles. The van der Waals surface area contributed by atoms with Crippen molar-refractivity contribution < 1.29 is 13.9 Å². The summed E-state index contributed by atoms with van der Waals surface area (Å²) >= 11 is 0. The number of hydrogen-bond donors (Lipinski definition) is 0. The van der Waals surface area contributed by atoms with Crippen LogP contribution in [-0.2, 0) is 0 Å². The first-order chi connectivity index (χ1) is 10.6. The second kappa shape index (κ2) is 6.09. The van der Waals surface area contributed by atoms with Crippen LogP contribution in [0.3, 0.4) is 0 Å². The lowest BCUT2D eigenvalue weighted by atomic mass is 10.1. The standard InChI is InChI=1S/C16H16FN3O2/c1-11-4-5-12(9-14(11)17)16(21)20-8-6-13(10-20)22-15-3-2-7-18-19-15/h2-5,7,9,13H,6,8,10H2,1H3. The molecule has 0 saturated carbocycles. The summed E-state index contributed by atoms with van der Waals surface area (Å²) in [4.78, 5) is 14.1. The number of carbonyl (C=O) groups is 1. The van der Waals surface area contributed by atoms with Gasteiger partial charge in [-0.05, 0) is 30.7 Å². The SMILES string of the molecule is Cc1ccc(C(=O)N2CCC(Oc3cccnn3)C2)cc1F. The van der Waals surface area contributed by atoms with Crippen molar-refractivity contribution in [3.8, 4) is 5.88 Å². The number of hydrogen-bond acceptors (Lipinski definition) is 4. The van der Waals surface area contributed by atoms with Gasteiger partial charge in [0.25, 0.3) is 5.91 Å². The van der Waals surface area contributed by atoms with Gasteiger partial charge in [-0.2, -0.15) is 5.10 Å². The van der Waals surface area contributed by atoms with Crippen LogP contribution < -0.4 is 4.74 Å². The zero-order valence-corrected chi connectivity index (χ0v) is 12.2. The molecule has 0 N–H and O–H groups in total. The van der Waals surface area contributed by atoms with Gasteiger partial charge < -0.3 is 9.64 Å². The topological polar surface area (TPSA) is 55.3 Å². The van der Waals surface area contributed by atoms with E-state index in [9.17, 15) is 9.18 Å². The molecule has 0 radical (unpaired) electrons. The maximum Gasteiger partial charge on any atom is 0.254 e. The van der Waals surface area contributed by atoms with Crippen LogP contribution in [0.25, 0.3) is 0 Å². The summed E-state index contributed by atoms with van der Waals surface area (Å²) < 4.78 is 19.3. The molecule has 22 heavy (non-hydrogen) atoms. The van der Waals surface area contributed by atoms with E-state index in [1.165, 1.54) is 6.07 Å². The molecule has 1 aliphatic heterocycles. The number of aryl methyl sites for hydroxylation is 1. The quantitative estimate of drug-likeness (QED) is 0.872. The van der Waals surface area contributed by atoms with E-state index in [2.05, 4.69) is 10.2 Å². The fourth-order valence-corrected chi connectivity index (χ4v) is 2.44. The molecule has 0 aliphatic carbocycles. The Labute approximate surface area is 127 Å². The van der Waals surface area contributed by atoms with E-state index in [1.807, 2.05) is 0 Å². The van der Waals surface area contributed by atoms with Gasteiger partial charge in [0.1, 0.15) is 11.9 Å². The first-order valence-corrected chi connectivity index (χ1v) is 7.13. The number of halogens is 1. The fraction of sp³-hybridized carbons (Fsp3) is 0.312. The third-order valence-corrected chi connectivity index (χ3v) is 3.69. The maximum absolute atomic E-state index is 13.6. The molecule has 5 nitrogen and oxygen atoms in total. The molecule has 1 amide bonds. The van der Waals surface area contributed by atoms with Gasteiger partial charge in [-0.25, -0.2) is 4.39 Å². The van der Waals surface area contributed by atoms with E-state index < -0.39 is 0 Å². The van der Waals surface area contributed by atoms with Crippen molar-refractivity contribution in [3.63, 3.8) is 0 Å². The van der Waals surface area contributed by atoms with Crippen molar-refractivity contribution in [2.75, 3.05) is 13.1 Å². The molecule has 114 valence electrons. The summed E-state index contributed by atoms with van der Waals surface area (Å²) in [5.41, 5.74) is 0.894. The lowest BCUT2D eigenvalue weighted by Crippen LogP contribution is -2.31. The van der Waals surface area contributed by atoms with Crippen molar-refractivity contribution in [2.45, 2.75) is 19.4 Å². The average Bonchev–Trinajstić information content (AvgIpc) is 2.99. The third-order valence-electron chi connectivity index (χ3n) is 3.69. The van der Waals surface area contributed by atoms with Gasteiger partial charge in [0, 0.05) is 30.8 Å². The molecule has 1 unspecified atom stereocenters. The molecule has 0 spiro atoms. The summed E-state index contributed by atoms with van der Waals surface area (Å²) in [6.07, 6.45) is 2.18. The van der Waals surface area contributed by atoms with E-state index in [0.717, 1.165) is 6.42 Å². The molecular weight excluding hydrogens is 285 g/mol. The first-order valence-electron chi connectivity index (χ1n) is 7.13. The van der Waals surface area contributed by atoms with Gasteiger partial charge >= 0.3 is 0 Å². The molecule has 1 fully saturated rings. The summed E-state index contributed by atoms with van der Waals surface area (Å²) in [7, 11) is 0. The highest BCUT2D eigenvalue weighted by atomic mass is 19.1. The Morgan fingerprint density at radius 1 is 1.41 bits per heavy atom. The number of nitrogens with zero attached hydrogens (tertiary/aromatic N) is 3. The zero-order chi connectivity index (χ0) is 15.5. The fourth-order valence-electron chi connectivity index (χ4n) is 2.44. The van der Waals surface area contributed by atoms with Crippen molar-refractivity contribution in [1.82, 2.24) is 15.1 Å². The highest BCUT2D eigenvalue weighted by Crippen LogP contribution is 2.19. The summed E-state index contributed by atoms with van der Waals surface area (Å²) in [6.45, 7) is 2.72. The van der Waals surface area contributed by atoms with Gasteiger partial charge in [0.05, 0.1) is 6.54 Å². The number of benzene rings is 1. The Morgan fingerprint density at radius 3 is 3.00 bits per heavy atom. The number of amides is 1. The largest absolute Gasteiger partial charge is 0.471 e. The Kier molecular flexibility index (Phi) is 4.00. The predicted molar refractivity (Wildman–Crippen MR) is 78.1 cm³/mol. The van der Waals surface area contributed by atoms with Crippen LogP contribution in [0, 0.1) is 12.7 Å². The zero-order valence-electron chi connectivity index (χ0n) is 12.2. The van der Waals surface area contributed by atoms with Crippen molar-refractivity contribution in [3.05, 3.63) is 53.5 Å². The van der Waals surface area contributed by atoms with Gasteiger partial charge in [-0.3, -0.25) is 4.79 Å². The van der Waals surface area contributed by atoms with Crippen LogP contribution in [0.4, 0.5) is 4.39 Å². The molecule has 3 rings (SSSR count). The van der Waals surface area contributed by atoms with Crippen molar-refractivity contribution in [1.29, 1.82) is 0 Å². The number of ether oxygens (including phenoxy) is 1. The molecular formula is C16H16FN3O2. The van der Waals surface area contributed by atoms with Crippen molar-refractivity contribution in [2.24, 2.45) is 0 Å². The monoisotopic (exact) mass is 301 g/mol. The lowest BCUT2D eigenvalue weighted by Gasteiger charge is -2.17. The van der Waals surface area contributed by atoms with Crippen molar-refractivity contribution >= 4 is 5.91 Å². The van der Waals surface area contributed by atoms with Gasteiger partial charge in [0.15, 0.2) is 0 Å². The van der Waals surface area contributed by atoms with Gasteiger partial charge in [-0.15, -0.1) is 5.10 Å². The minimum absolute atomic E-state index is 0.115. The Morgan fingerprint density at radius 2 is 2.27 bits per heavy atom. The van der Waals surface area contributed by atoms with Gasteiger partial charge in [-0.1, -0.05) is 6.07 Å². The Balaban J connectivity index is 1.64. The van der Waals surface area contributed by atoms with E-state index in [0.29, 0.717) is 30.1 Å². The first kappa shape index (κ1) is 14.4. The highest BCUT2D eigenvalue weighted by molar-refractivity contribution is 5.94. The summed E-state index contributed by atoms with van der Waals surface area (Å²) in [5, 5.41) is 7.62. The summed E-state index contributed by atoms with van der Waals surface area (Å²) in [5.74, 6) is -0.0928. The average molecular weight is 301 g/mol. The maximum atomic E-state index is 13.6. The third kappa shape index (κ3) is 3.05. The predicted octanol–water partition coefficient (Wildman–Crippen LogP) is 2.22. The number of aromatic nitrogens is 2. The second-order valence-corrected chi connectivity index (χ2v) is 5.31. The summed E-state index contributed by atoms with van der Waals surface area (Å²) in [6, 6.07) is 8.03. The number of likely N-dealkylation sites (tertiary alicyclic amines) is 1. The second-order valence-electron chi connectivity index (χ2n) is 5.31. The number of rotatable bonds is 3. The molecule has 1 aromatic carbocycles. The molecule has 1 aromatic heterocycles. The van der Waals surface area contributed by atoms with Crippen LogP contribution in [-0.4, -0.2) is 40.2 Å². The van der Waals surface area contributed by atoms with Crippen LogP contribution in [0.15, 0.2) is 36.5 Å². The molecule has 2 aromatic rings. The minimum Gasteiger partial charge on any atom is -0.471 e. The van der Waals surface area contributed by atoms with Crippen LogP contribution in [0.1, 0.15) is 22.3 Å². The van der Waals surface area contributed by atoms with E-state index in [1.54, 1.807) is 42.3 Å². The molecule has 2 heterocycles. The minimum atomic E-state index is -0.364. The van der Waals surface area contributed by atoms with Crippen LogP contribution >= 0.6 is 0 Å². The smallest absolute Gasteiger partial charge is 0.254 e. The van der Waals surface area contributed by atoms with Gasteiger partial charge in [0.2, 0.25) is 5.88 Å². The number of carbonyl (C=O) groups excluding carboxylic acids is 1. The van der Waals surface area contributed by atoms with E-state index >= 15 is 0 Å². The Hall–Kier alpha value is -2.50. The molecule has 1 atom stereocenters. The van der Waals surface area contributed by atoms with E-state index in [4.69, 9.17) is 4.74 Å².